The number of nitrogens with zero attached hydrogens (tertiary/aromatic N) is 1. The van der Waals surface area contributed by atoms with Crippen molar-refractivity contribution in [3.8, 4) is 0 Å². The number of benzene rings is 1. The molecule has 1 fully saturated rings. The fourth-order valence-electron chi connectivity index (χ4n) is 4.40. The number of allylic oxidation sites excluding steroid dienone is 1. The van der Waals surface area contributed by atoms with Crippen LogP contribution in [0.5, 0.6) is 0 Å². The van der Waals surface area contributed by atoms with E-state index in [0.717, 1.165) is 16.5 Å². The SMILES string of the molecule is O=C(C1=C[C@@H](c2coc3ccccc23)C[C@@H](OCCOCCO)O1)N1CCOCCOCCOCCOCC1. The smallest absolute Gasteiger partial charge is 0.288 e. The van der Waals surface area contributed by atoms with Crippen molar-refractivity contribution in [1.82, 2.24) is 4.90 Å². The second kappa shape index (κ2) is 16.6. The van der Waals surface area contributed by atoms with Gasteiger partial charge in [-0.05, 0) is 12.1 Å². The second-order valence-corrected chi connectivity index (χ2v) is 9.06. The van der Waals surface area contributed by atoms with Crippen LogP contribution in [0.15, 0.2) is 46.8 Å². The van der Waals surface area contributed by atoms with E-state index in [-0.39, 0.29) is 37.4 Å². The molecule has 39 heavy (non-hydrogen) atoms. The van der Waals surface area contributed by atoms with Gasteiger partial charge in [-0.3, -0.25) is 4.79 Å². The molecule has 2 aromatic rings. The first-order valence-electron chi connectivity index (χ1n) is 13.5. The van der Waals surface area contributed by atoms with Gasteiger partial charge in [0.1, 0.15) is 5.58 Å². The Kier molecular flexibility index (Phi) is 12.5. The zero-order valence-corrected chi connectivity index (χ0v) is 22.3. The van der Waals surface area contributed by atoms with Gasteiger partial charge in [0.05, 0.1) is 85.5 Å². The summed E-state index contributed by atoms with van der Waals surface area (Å²) in [5, 5.41) is 9.90. The standard InChI is InChI=1S/C28H39NO10/c30-7-10-34-17-18-37-27-20-22(24-21-38-25-4-2-1-3-23(24)25)19-26(39-27)28(31)29-5-8-32-11-13-35-15-16-36-14-12-33-9-6-29/h1-4,19,21-22,27,30H,5-18,20H2/t22-,27+/m1/s1. The molecule has 1 amide bonds. The number of amides is 1. The highest BCUT2D eigenvalue weighted by Crippen LogP contribution is 2.36. The Bertz CT molecular complexity index is 1010. The maximum Gasteiger partial charge on any atom is 0.288 e. The number of ether oxygens (including phenoxy) is 7. The number of aliphatic hydroxyl groups excluding tert-OH is 1. The first-order valence-corrected chi connectivity index (χ1v) is 13.5. The van der Waals surface area contributed by atoms with Crippen molar-refractivity contribution >= 4 is 16.9 Å². The van der Waals surface area contributed by atoms with Crippen molar-refractivity contribution in [2.24, 2.45) is 0 Å². The zero-order chi connectivity index (χ0) is 27.1. The van der Waals surface area contributed by atoms with Crippen LogP contribution in [0.25, 0.3) is 11.0 Å². The fourth-order valence-corrected chi connectivity index (χ4v) is 4.40. The average molecular weight is 550 g/mol. The molecule has 0 spiro atoms. The monoisotopic (exact) mass is 549 g/mol. The lowest BCUT2D eigenvalue weighted by Crippen LogP contribution is -2.40. The maximum absolute atomic E-state index is 13.7. The van der Waals surface area contributed by atoms with Gasteiger partial charge in [-0.1, -0.05) is 18.2 Å². The summed E-state index contributed by atoms with van der Waals surface area (Å²) in [5.74, 6) is -0.209. The van der Waals surface area contributed by atoms with Gasteiger partial charge in [0.25, 0.3) is 5.91 Å². The molecule has 11 heteroatoms. The van der Waals surface area contributed by atoms with Crippen LogP contribution in [0, 0.1) is 0 Å². The molecular weight excluding hydrogens is 510 g/mol. The molecule has 3 heterocycles. The lowest BCUT2D eigenvalue weighted by atomic mass is 9.92. The van der Waals surface area contributed by atoms with Gasteiger partial charge in [-0.25, -0.2) is 0 Å². The third-order valence-corrected chi connectivity index (χ3v) is 6.36. The van der Waals surface area contributed by atoms with E-state index in [4.69, 9.17) is 42.7 Å². The van der Waals surface area contributed by atoms with Crippen LogP contribution in [-0.2, 0) is 38.0 Å². The van der Waals surface area contributed by atoms with Crippen molar-refractivity contribution < 1.29 is 47.5 Å². The van der Waals surface area contributed by atoms with E-state index in [1.807, 2.05) is 30.3 Å². The van der Waals surface area contributed by atoms with Crippen molar-refractivity contribution in [2.75, 3.05) is 92.4 Å². The van der Waals surface area contributed by atoms with Gasteiger partial charge in [-0.15, -0.1) is 0 Å². The van der Waals surface area contributed by atoms with Crippen molar-refractivity contribution in [3.05, 3.63) is 47.9 Å². The van der Waals surface area contributed by atoms with Crippen molar-refractivity contribution in [1.29, 1.82) is 0 Å². The van der Waals surface area contributed by atoms with Gasteiger partial charge in [0.15, 0.2) is 5.76 Å². The number of carbonyl (C=O) groups excluding carboxylic acids is 1. The Labute approximate surface area is 228 Å². The first-order chi connectivity index (χ1) is 19.3. The Balaban J connectivity index is 1.48. The topological polar surface area (TPSA) is 118 Å². The normalized spacial score (nSPS) is 22.5. The molecule has 4 rings (SSSR count). The average Bonchev–Trinajstić information content (AvgIpc) is 3.39. The molecule has 0 unspecified atom stereocenters. The maximum atomic E-state index is 13.7. The highest BCUT2D eigenvalue weighted by atomic mass is 16.7. The molecule has 11 nitrogen and oxygen atoms in total. The molecule has 2 aliphatic rings. The zero-order valence-electron chi connectivity index (χ0n) is 22.3. The molecule has 2 aliphatic heterocycles. The van der Waals surface area contributed by atoms with Crippen LogP contribution in [0.1, 0.15) is 17.9 Å². The number of fused-ring (bicyclic) bond motifs is 1. The molecule has 1 saturated heterocycles. The molecule has 1 N–H and O–H groups in total. The number of aliphatic hydroxyl groups is 1. The number of rotatable bonds is 8. The third-order valence-electron chi connectivity index (χ3n) is 6.36. The minimum absolute atomic E-state index is 0.0553. The number of para-hydroxylation sites is 1. The minimum atomic E-state index is -0.657. The molecule has 0 saturated carbocycles. The highest BCUT2D eigenvalue weighted by Gasteiger charge is 2.32. The largest absolute Gasteiger partial charge is 0.464 e. The van der Waals surface area contributed by atoms with Crippen LogP contribution in [0.2, 0.25) is 0 Å². The number of furan rings is 1. The van der Waals surface area contributed by atoms with E-state index in [9.17, 15) is 4.79 Å². The van der Waals surface area contributed by atoms with Crippen LogP contribution < -0.4 is 0 Å². The highest BCUT2D eigenvalue weighted by molar-refractivity contribution is 5.92. The Morgan fingerprint density at radius 1 is 0.897 bits per heavy atom. The summed E-state index contributed by atoms with van der Waals surface area (Å²) in [5.41, 5.74) is 1.75. The molecule has 1 aromatic carbocycles. The van der Waals surface area contributed by atoms with Crippen molar-refractivity contribution in [2.45, 2.75) is 18.6 Å². The lowest BCUT2D eigenvalue weighted by molar-refractivity contribution is -0.157. The number of hydrogen-bond acceptors (Lipinski definition) is 10. The van der Waals surface area contributed by atoms with Crippen LogP contribution >= 0.6 is 0 Å². The van der Waals surface area contributed by atoms with Crippen LogP contribution in [-0.4, -0.2) is 115 Å². The van der Waals surface area contributed by atoms with Crippen LogP contribution in [0.3, 0.4) is 0 Å². The van der Waals surface area contributed by atoms with Gasteiger partial charge in [-0.2, -0.15) is 0 Å². The van der Waals surface area contributed by atoms with E-state index >= 15 is 0 Å². The van der Waals surface area contributed by atoms with Crippen LogP contribution in [0.4, 0.5) is 0 Å². The molecule has 2 atom stereocenters. The molecule has 216 valence electrons. The quantitative estimate of drug-likeness (QED) is 0.491. The molecule has 0 bridgehead atoms. The summed E-state index contributed by atoms with van der Waals surface area (Å²) in [4.78, 5) is 15.4. The summed E-state index contributed by atoms with van der Waals surface area (Å²) in [6, 6.07) is 7.80. The summed E-state index contributed by atoms with van der Waals surface area (Å²) >= 11 is 0. The number of hydrogen-bond donors (Lipinski definition) is 1. The van der Waals surface area contributed by atoms with E-state index in [1.165, 1.54) is 0 Å². The van der Waals surface area contributed by atoms with Gasteiger partial charge >= 0.3 is 0 Å². The third kappa shape index (κ3) is 9.28. The van der Waals surface area contributed by atoms with Gasteiger partial charge < -0.3 is 47.6 Å². The fraction of sp³-hybridized carbons (Fsp3) is 0.607. The predicted molar refractivity (Wildman–Crippen MR) is 140 cm³/mol. The Morgan fingerprint density at radius 2 is 1.56 bits per heavy atom. The minimum Gasteiger partial charge on any atom is -0.464 e. The number of carbonyl (C=O) groups is 1. The summed E-state index contributed by atoms with van der Waals surface area (Å²) < 4.78 is 45.4. The predicted octanol–water partition coefficient (Wildman–Crippen LogP) is 2.08. The first kappa shape index (κ1) is 29.5. The lowest BCUT2D eigenvalue weighted by Gasteiger charge is -2.31. The van der Waals surface area contributed by atoms with E-state index in [1.54, 1.807) is 11.2 Å². The molecular formula is C28H39NO10. The summed E-state index contributed by atoms with van der Waals surface area (Å²) in [6.45, 7) is 5.01. The molecule has 0 radical (unpaired) electrons. The van der Waals surface area contributed by atoms with E-state index in [0.29, 0.717) is 79.0 Å². The Hall–Kier alpha value is -2.51. The van der Waals surface area contributed by atoms with E-state index < -0.39 is 6.29 Å². The summed E-state index contributed by atoms with van der Waals surface area (Å²) in [7, 11) is 0. The molecule has 0 aliphatic carbocycles. The summed E-state index contributed by atoms with van der Waals surface area (Å²) in [6.07, 6.45) is 3.43. The van der Waals surface area contributed by atoms with E-state index in [2.05, 4.69) is 0 Å². The molecule has 1 aromatic heterocycles. The second-order valence-electron chi connectivity index (χ2n) is 9.06. The van der Waals surface area contributed by atoms with Gasteiger partial charge in [0, 0.05) is 36.4 Å². The van der Waals surface area contributed by atoms with Crippen molar-refractivity contribution in [3.63, 3.8) is 0 Å². The Morgan fingerprint density at radius 3 is 2.26 bits per heavy atom. The van der Waals surface area contributed by atoms with Gasteiger partial charge in [0.2, 0.25) is 6.29 Å².